The molecule has 3 aromatic carbocycles. The third-order valence-electron chi connectivity index (χ3n) is 6.86. The minimum absolute atomic E-state index is 0.0238. The second kappa shape index (κ2) is 8.96. The van der Waals surface area contributed by atoms with Gasteiger partial charge < -0.3 is 14.7 Å². The molecule has 0 unspecified atom stereocenters. The Balaban J connectivity index is 1.33. The van der Waals surface area contributed by atoms with Crippen LogP contribution in [0.5, 0.6) is 5.75 Å². The number of piperazine rings is 1. The van der Waals surface area contributed by atoms with Gasteiger partial charge in [0.1, 0.15) is 11.6 Å². The van der Waals surface area contributed by atoms with Gasteiger partial charge in [-0.1, -0.05) is 48.5 Å². The highest BCUT2D eigenvalue weighted by Gasteiger charge is 2.53. The second-order valence-electron chi connectivity index (χ2n) is 8.79. The number of aliphatic hydroxyl groups is 1. The molecule has 5 nitrogen and oxygen atoms in total. The number of carbonyl (C=O) groups is 1. The normalized spacial score (nSPS) is 22.6. The highest BCUT2D eigenvalue weighted by molar-refractivity contribution is 5.81. The predicted octanol–water partition coefficient (Wildman–Crippen LogP) is 3.67. The Morgan fingerprint density at radius 2 is 1.61 bits per heavy atom. The molecule has 2 aliphatic heterocycles. The summed E-state index contributed by atoms with van der Waals surface area (Å²) in [5.74, 6) is 0.684. The van der Waals surface area contributed by atoms with Gasteiger partial charge in [0.15, 0.2) is 0 Å². The average Bonchev–Trinajstić information content (AvgIpc) is 2.83. The Hall–Kier alpha value is -3.22. The zero-order valence-corrected chi connectivity index (χ0v) is 18.5. The molecule has 1 N–H and O–H groups in total. The maximum absolute atomic E-state index is 13.2. The number of amides is 1. The molecule has 2 fully saturated rings. The lowest BCUT2D eigenvalue weighted by molar-refractivity contribution is -0.162. The van der Waals surface area contributed by atoms with Crippen molar-refractivity contribution in [3.05, 3.63) is 89.7 Å². The van der Waals surface area contributed by atoms with Gasteiger partial charge in [0, 0.05) is 19.0 Å². The minimum atomic E-state index is -0.262. The van der Waals surface area contributed by atoms with Crippen molar-refractivity contribution < 1.29 is 19.0 Å². The number of halogens is 1. The fraction of sp³-hybridized carbons (Fsp3) is 0.296. The first-order chi connectivity index (χ1) is 16.1. The van der Waals surface area contributed by atoms with Crippen LogP contribution < -0.4 is 4.74 Å². The number of methoxy groups -OCH3 is 1. The van der Waals surface area contributed by atoms with Crippen molar-refractivity contribution in [3.63, 3.8) is 0 Å². The molecule has 5 rings (SSSR count). The summed E-state index contributed by atoms with van der Waals surface area (Å²) < 4.78 is 18.5. The maximum atomic E-state index is 13.2. The van der Waals surface area contributed by atoms with Gasteiger partial charge in [-0.3, -0.25) is 9.69 Å². The lowest BCUT2D eigenvalue weighted by Gasteiger charge is -2.59. The molecule has 0 aliphatic carbocycles. The van der Waals surface area contributed by atoms with Crippen LogP contribution in [0.15, 0.2) is 72.8 Å². The Morgan fingerprint density at radius 1 is 0.970 bits per heavy atom. The van der Waals surface area contributed by atoms with Crippen LogP contribution in [0, 0.1) is 5.82 Å². The lowest BCUT2D eigenvalue weighted by Crippen LogP contribution is -2.72. The molecule has 33 heavy (non-hydrogen) atoms. The highest BCUT2D eigenvalue weighted by atomic mass is 19.1. The molecule has 170 valence electrons. The van der Waals surface area contributed by atoms with Gasteiger partial charge in [-0.2, -0.15) is 0 Å². The van der Waals surface area contributed by atoms with Crippen LogP contribution in [0.25, 0.3) is 11.1 Å². The predicted molar refractivity (Wildman–Crippen MR) is 124 cm³/mol. The largest absolute Gasteiger partial charge is 0.497 e. The van der Waals surface area contributed by atoms with E-state index in [0.717, 1.165) is 34.5 Å². The number of nitrogens with zero attached hydrogens (tertiary/aromatic N) is 2. The number of aliphatic hydroxyl groups excluding tert-OH is 1. The van der Waals surface area contributed by atoms with Gasteiger partial charge in [0.05, 0.1) is 32.3 Å². The fourth-order valence-electron chi connectivity index (χ4n) is 5.22. The Kier molecular flexibility index (Phi) is 5.87. The zero-order valence-electron chi connectivity index (χ0n) is 18.5. The molecule has 6 heteroatoms. The monoisotopic (exact) mass is 446 g/mol. The van der Waals surface area contributed by atoms with Gasteiger partial charge in [0.2, 0.25) is 5.91 Å². The van der Waals surface area contributed by atoms with Crippen LogP contribution in [-0.4, -0.2) is 59.7 Å². The van der Waals surface area contributed by atoms with E-state index in [1.165, 1.54) is 12.1 Å². The van der Waals surface area contributed by atoms with Crippen LogP contribution >= 0.6 is 0 Å². The SMILES string of the molecule is COc1ccc(-c2ccc([C@H]3[C@@H](CO)N4C(=O)CN(Cc5ccc(F)cc5)C[C@@H]34)cc2)cc1. The minimum Gasteiger partial charge on any atom is -0.497 e. The molecule has 2 aliphatic rings. The molecule has 0 radical (unpaired) electrons. The first-order valence-corrected chi connectivity index (χ1v) is 11.2. The molecule has 3 aromatic rings. The van der Waals surface area contributed by atoms with Crippen molar-refractivity contribution in [1.82, 2.24) is 9.80 Å². The summed E-state index contributed by atoms with van der Waals surface area (Å²) in [5.41, 5.74) is 4.32. The van der Waals surface area contributed by atoms with Crippen LogP contribution in [-0.2, 0) is 11.3 Å². The zero-order chi connectivity index (χ0) is 22.9. The standard InChI is InChI=1S/C27H27FN2O3/c1-33-23-12-8-20(9-13-23)19-4-6-21(7-5-19)27-24-15-29(14-18-2-10-22(28)11-3-18)16-26(32)30(24)25(27)17-31/h2-13,24-25,27,31H,14-17H2,1H3/t24-,25+,27+/m0/s1. The van der Waals surface area contributed by atoms with Gasteiger partial charge in [0.25, 0.3) is 0 Å². The summed E-state index contributed by atoms with van der Waals surface area (Å²) in [4.78, 5) is 16.8. The van der Waals surface area contributed by atoms with Gasteiger partial charge in [-0.05, 0) is 46.5 Å². The van der Waals surface area contributed by atoms with Crippen molar-refractivity contribution in [2.45, 2.75) is 24.5 Å². The number of benzene rings is 3. The summed E-state index contributed by atoms with van der Waals surface area (Å²) in [6.45, 7) is 1.59. The maximum Gasteiger partial charge on any atom is 0.237 e. The van der Waals surface area contributed by atoms with Crippen molar-refractivity contribution in [3.8, 4) is 16.9 Å². The summed E-state index contributed by atoms with van der Waals surface area (Å²) >= 11 is 0. The number of ether oxygens (including phenoxy) is 1. The van der Waals surface area contributed by atoms with Gasteiger partial charge >= 0.3 is 0 Å². The molecule has 2 heterocycles. The highest BCUT2D eigenvalue weighted by Crippen LogP contribution is 2.43. The van der Waals surface area contributed by atoms with Crippen LogP contribution in [0.3, 0.4) is 0 Å². The van der Waals surface area contributed by atoms with E-state index in [1.807, 2.05) is 29.2 Å². The molecule has 0 bridgehead atoms. The summed E-state index contributed by atoms with van der Waals surface area (Å²) in [7, 11) is 1.65. The number of fused-ring (bicyclic) bond motifs is 1. The van der Waals surface area contributed by atoms with E-state index in [2.05, 4.69) is 29.2 Å². The van der Waals surface area contributed by atoms with E-state index in [9.17, 15) is 14.3 Å². The van der Waals surface area contributed by atoms with Gasteiger partial charge in [-0.25, -0.2) is 4.39 Å². The Morgan fingerprint density at radius 3 is 2.21 bits per heavy atom. The summed E-state index contributed by atoms with van der Waals surface area (Å²) in [5, 5.41) is 10.0. The number of rotatable bonds is 6. The van der Waals surface area contributed by atoms with E-state index in [1.54, 1.807) is 19.2 Å². The number of hydrogen-bond donors (Lipinski definition) is 1. The third-order valence-corrected chi connectivity index (χ3v) is 6.86. The van der Waals surface area contributed by atoms with Crippen molar-refractivity contribution in [2.24, 2.45) is 0 Å². The molecule has 3 atom stereocenters. The molecular formula is C27H27FN2O3. The van der Waals surface area contributed by atoms with Crippen LogP contribution in [0.1, 0.15) is 17.0 Å². The molecular weight excluding hydrogens is 419 g/mol. The number of carbonyl (C=O) groups excluding carboxylic acids is 1. The molecule has 0 spiro atoms. The third kappa shape index (κ3) is 4.12. The van der Waals surface area contributed by atoms with E-state index in [0.29, 0.717) is 13.1 Å². The lowest BCUT2D eigenvalue weighted by atomic mass is 9.73. The molecule has 0 aromatic heterocycles. The van der Waals surface area contributed by atoms with E-state index < -0.39 is 0 Å². The van der Waals surface area contributed by atoms with Gasteiger partial charge in [-0.15, -0.1) is 0 Å². The van der Waals surface area contributed by atoms with Crippen LogP contribution in [0.4, 0.5) is 4.39 Å². The summed E-state index contributed by atoms with van der Waals surface area (Å²) in [6.07, 6.45) is 0. The fourth-order valence-corrected chi connectivity index (χ4v) is 5.22. The van der Waals surface area contributed by atoms with E-state index >= 15 is 0 Å². The van der Waals surface area contributed by atoms with Crippen molar-refractivity contribution in [1.29, 1.82) is 0 Å². The second-order valence-corrected chi connectivity index (χ2v) is 8.79. The summed E-state index contributed by atoms with van der Waals surface area (Å²) in [6, 6.07) is 22.6. The first-order valence-electron chi connectivity index (χ1n) is 11.2. The van der Waals surface area contributed by atoms with E-state index in [4.69, 9.17) is 4.74 Å². The quantitative estimate of drug-likeness (QED) is 0.628. The smallest absolute Gasteiger partial charge is 0.237 e. The molecule has 0 saturated carbocycles. The van der Waals surface area contributed by atoms with E-state index in [-0.39, 0.29) is 36.3 Å². The van der Waals surface area contributed by atoms with Crippen LogP contribution in [0.2, 0.25) is 0 Å². The Labute approximate surface area is 193 Å². The Bertz CT molecular complexity index is 1120. The van der Waals surface area contributed by atoms with Crippen molar-refractivity contribution in [2.75, 3.05) is 26.8 Å². The molecule has 2 saturated heterocycles. The number of hydrogen-bond acceptors (Lipinski definition) is 4. The topological polar surface area (TPSA) is 53.0 Å². The molecule has 1 amide bonds. The first kappa shape index (κ1) is 21.6. The average molecular weight is 447 g/mol. The van der Waals surface area contributed by atoms with Crippen molar-refractivity contribution >= 4 is 5.91 Å².